The van der Waals surface area contributed by atoms with E-state index >= 15 is 0 Å². The molecule has 18 heavy (non-hydrogen) atoms. The van der Waals surface area contributed by atoms with Gasteiger partial charge in [-0.05, 0) is 31.4 Å². The van der Waals surface area contributed by atoms with Gasteiger partial charge in [0.05, 0.1) is 11.0 Å². The van der Waals surface area contributed by atoms with Crippen molar-refractivity contribution in [3.63, 3.8) is 0 Å². The summed E-state index contributed by atoms with van der Waals surface area (Å²) in [6.45, 7) is 3.53. The van der Waals surface area contributed by atoms with Crippen molar-refractivity contribution < 1.29 is 14.3 Å². The number of hydrogen-bond acceptors (Lipinski definition) is 4. The molecule has 0 saturated carbocycles. The van der Waals surface area contributed by atoms with Crippen molar-refractivity contribution in [2.75, 3.05) is 0 Å². The van der Waals surface area contributed by atoms with E-state index in [0.29, 0.717) is 4.88 Å². The van der Waals surface area contributed by atoms with Gasteiger partial charge in [-0.15, -0.1) is 11.3 Å². The number of rotatable bonds is 4. The number of thiophene rings is 1. The van der Waals surface area contributed by atoms with Crippen molar-refractivity contribution in [3.8, 4) is 0 Å². The zero-order chi connectivity index (χ0) is 13.1. The van der Waals surface area contributed by atoms with Crippen molar-refractivity contribution >= 4 is 33.2 Å². The first-order valence-corrected chi connectivity index (χ1v) is 6.59. The van der Waals surface area contributed by atoms with Crippen LogP contribution in [0.15, 0.2) is 30.3 Å². The molecule has 0 bridgehead atoms. The Labute approximate surface area is 109 Å². The second-order valence-corrected chi connectivity index (χ2v) is 5.37. The molecule has 0 aliphatic carbocycles. The Morgan fingerprint density at radius 1 is 1.28 bits per heavy atom. The van der Waals surface area contributed by atoms with Crippen molar-refractivity contribution in [3.05, 3.63) is 35.2 Å². The fourth-order valence-corrected chi connectivity index (χ4v) is 2.64. The quantitative estimate of drug-likeness (QED) is 0.481. The maximum absolute atomic E-state index is 11.9. The lowest BCUT2D eigenvalue weighted by Gasteiger charge is -2.06. The summed E-state index contributed by atoms with van der Waals surface area (Å²) in [5.41, 5.74) is 0. The molecule has 0 aliphatic rings. The SMILES string of the molecule is CC(C)OC(=O)CC(=O)c1cc2ccccc2s1. The van der Waals surface area contributed by atoms with Gasteiger partial charge < -0.3 is 4.74 Å². The van der Waals surface area contributed by atoms with Gasteiger partial charge in [0.25, 0.3) is 0 Å². The molecule has 0 amide bonds. The van der Waals surface area contributed by atoms with Crippen LogP contribution in [0.4, 0.5) is 0 Å². The molecule has 2 rings (SSSR count). The van der Waals surface area contributed by atoms with Gasteiger partial charge in [-0.3, -0.25) is 9.59 Å². The fraction of sp³-hybridized carbons (Fsp3) is 0.286. The molecule has 3 nitrogen and oxygen atoms in total. The number of Topliss-reactive ketones (excluding diaryl/α,β-unsaturated/α-hetero) is 1. The molecule has 0 radical (unpaired) electrons. The second kappa shape index (κ2) is 5.31. The molecule has 0 N–H and O–H groups in total. The number of ether oxygens (including phenoxy) is 1. The van der Waals surface area contributed by atoms with E-state index in [-0.39, 0.29) is 18.3 Å². The number of carbonyl (C=O) groups is 2. The van der Waals surface area contributed by atoms with Crippen LogP contribution in [0, 0.1) is 0 Å². The maximum atomic E-state index is 11.9. The predicted molar refractivity (Wildman–Crippen MR) is 72.0 cm³/mol. The van der Waals surface area contributed by atoms with Gasteiger partial charge in [-0.2, -0.15) is 0 Å². The summed E-state index contributed by atoms with van der Waals surface area (Å²) >= 11 is 1.41. The largest absolute Gasteiger partial charge is 0.463 e. The molecule has 0 aliphatic heterocycles. The van der Waals surface area contributed by atoms with Gasteiger partial charge in [-0.25, -0.2) is 0 Å². The van der Waals surface area contributed by atoms with Gasteiger partial charge in [0, 0.05) is 4.70 Å². The highest BCUT2D eigenvalue weighted by Gasteiger charge is 2.16. The standard InChI is InChI=1S/C14H14O3S/c1-9(2)17-14(16)8-11(15)13-7-10-5-3-4-6-12(10)18-13/h3-7,9H,8H2,1-2H3. The molecule has 1 aromatic heterocycles. The third-order valence-electron chi connectivity index (χ3n) is 2.37. The Morgan fingerprint density at radius 2 is 2.00 bits per heavy atom. The third-order valence-corrected chi connectivity index (χ3v) is 3.53. The molecule has 1 heterocycles. The van der Waals surface area contributed by atoms with E-state index in [1.807, 2.05) is 30.3 Å². The Hall–Kier alpha value is -1.68. The van der Waals surface area contributed by atoms with Crippen LogP contribution in [-0.2, 0) is 9.53 Å². The second-order valence-electron chi connectivity index (χ2n) is 4.29. The topological polar surface area (TPSA) is 43.4 Å². The summed E-state index contributed by atoms with van der Waals surface area (Å²) in [5, 5.41) is 1.03. The summed E-state index contributed by atoms with van der Waals surface area (Å²) < 4.78 is 6.02. The first-order valence-electron chi connectivity index (χ1n) is 5.77. The molecule has 0 saturated heterocycles. The first kappa shape index (κ1) is 12.8. The molecule has 0 atom stereocenters. The Bertz CT molecular complexity index is 550. The number of carbonyl (C=O) groups excluding carboxylic acids is 2. The zero-order valence-corrected chi connectivity index (χ0v) is 11.1. The minimum absolute atomic E-state index is 0.179. The molecule has 1 aromatic carbocycles. The van der Waals surface area contributed by atoms with Crippen LogP contribution >= 0.6 is 11.3 Å². The van der Waals surface area contributed by atoms with E-state index in [1.165, 1.54) is 11.3 Å². The molecule has 0 unspecified atom stereocenters. The lowest BCUT2D eigenvalue weighted by atomic mass is 10.2. The van der Waals surface area contributed by atoms with Crippen LogP contribution in [0.5, 0.6) is 0 Å². The number of ketones is 1. The van der Waals surface area contributed by atoms with Crippen LogP contribution in [0.3, 0.4) is 0 Å². The summed E-state index contributed by atoms with van der Waals surface area (Å²) in [5.74, 6) is -0.644. The molecular formula is C14H14O3S. The van der Waals surface area contributed by atoms with Crippen LogP contribution in [0.2, 0.25) is 0 Å². The fourth-order valence-electron chi connectivity index (χ4n) is 1.64. The van der Waals surface area contributed by atoms with Crippen LogP contribution in [0.1, 0.15) is 29.9 Å². The van der Waals surface area contributed by atoms with Crippen molar-refractivity contribution in [2.24, 2.45) is 0 Å². The van der Waals surface area contributed by atoms with Crippen LogP contribution in [0.25, 0.3) is 10.1 Å². The third kappa shape index (κ3) is 2.96. The van der Waals surface area contributed by atoms with E-state index in [4.69, 9.17) is 4.74 Å². The predicted octanol–water partition coefficient (Wildman–Crippen LogP) is 3.43. The van der Waals surface area contributed by atoms with Gasteiger partial charge in [0.2, 0.25) is 0 Å². The average Bonchev–Trinajstić information content (AvgIpc) is 2.71. The van der Waals surface area contributed by atoms with E-state index in [1.54, 1.807) is 13.8 Å². The summed E-state index contributed by atoms with van der Waals surface area (Å²) in [6, 6.07) is 9.60. The monoisotopic (exact) mass is 262 g/mol. The minimum atomic E-state index is -0.465. The molecule has 94 valence electrons. The molecule has 4 heteroatoms. The van der Waals surface area contributed by atoms with Crippen molar-refractivity contribution in [1.29, 1.82) is 0 Å². The van der Waals surface area contributed by atoms with Gasteiger partial charge >= 0.3 is 5.97 Å². The molecule has 0 fully saturated rings. The van der Waals surface area contributed by atoms with Gasteiger partial charge in [-0.1, -0.05) is 18.2 Å². The summed E-state index contributed by atoms with van der Waals surface area (Å²) in [4.78, 5) is 23.9. The Balaban J connectivity index is 2.11. The van der Waals surface area contributed by atoms with E-state index < -0.39 is 5.97 Å². The van der Waals surface area contributed by atoms with Crippen molar-refractivity contribution in [1.82, 2.24) is 0 Å². The molecular weight excluding hydrogens is 248 g/mol. The highest BCUT2D eigenvalue weighted by atomic mass is 32.1. The molecule has 2 aromatic rings. The smallest absolute Gasteiger partial charge is 0.313 e. The highest BCUT2D eigenvalue weighted by Crippen LogP contribution is 2.26. The number of fused-ring (bicyclic) bond motifs is 1. The Morgan fingerprint density at radius 3 is 2.67 bits per heavy atom. The van der Waals surface area contributed by atoms with Gasteiger partial charge in [0.1, 0.15) is 6.42 Å². The highest BCUT2D eigenvalue weighted by molar-refractivity contribution is 7.20. The van der Waals surface area contributed by atoms with Gasteiger partial charge in [0.15, 0.2) is 5.78 Å². The number of benzene rings is 1. The van der Waals surface area contributed by atoms with Crippen LogP contribution in [-0.4, -0.2) is 17.9 Å². The minimum Gasteiger partial charge on any atom is -0.463 e. The van der Waals surface area contributed by atoms with Crippen molar-refractivity contribution in [2.45, 2.75) is 26.4 Å². The normalized spacial score (nSPS) is 10.8. The first-order chi connectivity index (χ1) is 8.56. The maximum Gasteiger partial charge on any atom is 0.313 e. The van der Waals surface area contributed by atoms with E-state index in [9.17, 15) is 9.59 Å². The van der Waals surface area contributed by atoms with Crippen LogP contribution < -0.4 is 0 Å². The Kier molecular flexibility index (Phi) is 3.77. The lowest BCUT2D eigenvalue weighted by molar-refractivity contribution is -0.146. The lowest BCUT2D eigenvalue weighted by Crippen LogP contribution is -2.15. The summed E-state index contributed by atoms with van der Waals surface area (Å²) in [7, 11) is 0. The van der Waals surface area contributed by atoms with E-state index in [0.717, 1.165) is 10.1 Å². The number of hydrogen-bond donors (Lipinski definition) is 0. The average molecular weight is 262 g/mol. The van der Waals surface area contributed by atoms with E-state index in [2.05, 4.69) is 0 Å². The zero-order valence-electron chi connectivity index (χ0n) is 10.3. The molecule has 0 spiro atoms. The summed E-state index contributed by atoms with van der Waals surface area (Å²) in [6.07, 6.45) is -0.377. The number of esters is 1.